The van der Waals surface area contributed by atoms with Crippen LogP contribution in [-0.2, 0) is 9.53 Å². The van der Waals surface area contributed by atoms with Gasteiger partial charge in [0, 0.05) is 6.08 Å². The highest BCUT2D eigenvalue weighted by atomic mass is 79.9. The maximum Gasteiger partial charge on any atom is 0.330 e. The lowest BCUT2D eigenvalue weighted by molar-refractivity contribution is -0.137. The third-order valence-electron chi connectivity index (χ3n) is 2.05. The summed E-state index contributed by atoms with van der Waals surface area (Å²) in [6.45, 7) is 4.36. The quantitative estimate of drug-likeness (QED) is 0.670. The molecule has 0 spiro atoms. The zero-order chi connectivity index (χ0) is 13.5. The fourth-order valence-corrected chi connectivity index (χ4v) is 1.77. The third-order valence-corrected chi connectivity index (χ3v) is 2.65. The van der Waals surface area contributed by atoms with Crippen molar-refractivity contribution < 1.29 is 19.4 Å². The Bertz CT molecular complexity index is 455. The molecule has 0 aliphatic carbocycles. The van der Waals surface area contributed by atoms with Crippen LogP contribution in [0.3, 0.4) is 0 Å². The van der Waals surface area contributed by atoms with Crippen LogP contribution in [0.25, 0.3) is 6.08 Å². The Hall–Kier alpha value is -1.49. The number of benzene rings is 1. The van der Waals surface area contributed by atoms with E-state index in [1.54, 1.807) is 25.1 Å². The Balaban J connectivity index is 2.93. The zero-order valence-electron chi connectivity index (χ0n) is 10.3. The topological polar surface area (TPSA) is 55.8 Å². The second kappa shape index (κ2) is 7.06. The van der Waals surface area contributed by atoms with E-state index in [-0.39, 0.29) is 5.75 Å². The minimum atomic E-state index is -0.403. The van der Waals surface area contributed by atoms with Gasteiger partial charge in [-0.05, 0) is 53.5 Å². The predicted octanol–water partition coefficient (Wildman–Crippen LogP) is 3.13. The number of rotatable bonds is 5. The van der Waals surface area contributed by atoms with Crippen LogP contribution in [0.2, 0.25) is 0 Å². The van der Waals surface area contributed by atoms with Gasteiger partial charge in [-0.1, -0.05) is 0 Å². The Morgan fingerprint density at radius 2 is 2.11 bits per heavy atom. The number of ether oxygens (including phenoxy) is 2. The standard InChI is InChI=1S/C13H15BrO4/c1-3-17-11-8-9(7-10(14)13(11)16)5-6-12(15)18-4-2/h5-8,16H,3-4H2,1-2H3. The molecule has 18 heavy (non-hydrogen) atoms. The molecule has 0 aliphatic rings. The number of phenolic OH excluding ortho intramolecular Hbond substituents is 1. The average Bonchev–Trinajstić information content (AvgIpc) is 2.33. The van der Waals surface area contributed by atoms with Crippen molar-refractivity contribution in [3.05, 3.63) is 28.2 Å². The smallest absolute Gasteiger partial charge is 0.330 e. The van der Waals surface area contributed by atoms with Crippen molar-refractivity contribution in [2.75, 3.05) is 13.2 Å². The van der Waals surface area contributed by atoms with Gasteiger partial charge in [0.15, 0.2) is 11.5 Å². The minimum Gasteiger partial charge on any atom is -0.503 e. The molecule has 0 unspecified atom stereocenters. The second-order valence-electron chi connectivity index (χ2n) is 3.37. The molecule has 1 aromatic rings. The first-order chi connectivity index (χ1) is 8.58. The molecule has 0 saturated heterocycles. The molecule has 0 radical (unpaired) electrons. The number of carbonyl (C=O) groups excluding carboxylic acids is 1. The Morgan fingerprint density at radius 1 is 1.39 bits per heavy atom. The number of hydrogen-bond donors (Lipinski definition) is 1. The Labute approximate surface area is 114 Å². The van der Waals surface area contributed by atoms with Gasteiger partial charge in [0.2, 0.25) is 0 Å². The molecule has 1 N–H and O–H groups in total. The second-order valence-corrected chi connectivity index (χ2v) is 4.22. The van der Waals surface area contributed by atoms with Crippen molar-refractivity contribution in [1.29, 1.82) is 0 Å². The van der Waals surface area contributed by atoms with Crippen molar-refractivity contribution in [2.45, 2.75) is 13.8 Å². The van der Waals surface area contributed by atoms with E-state index >= 15 is 0 Å². The Morgan fingerprint density at radius 3 is 2.72 bits per heavy atom. The summed E-state index contributed by atoms with van der Waals surface area (Å²) in [5, 5.41) is 9.73. The molecule has 1 rings (SSSR count). The monoisotopic (exact) mass is 314 g/mol. The van der Waals surface area contributed by atoms with Gasteiger partial charge in [-0.2, -0.15) is 0 Å². The number of phenols is 1. The van der Waals surface area contributed by atoms with Gasteiger partial charge >= 0.3 is 5.97 Å². The Kier molecular flexibility index (Phi) is 5.71. The maximum absolute atomic E-state index is 11.2. The molecule has 0 aromatic heterocycles. The van der Waals surface area contributed by atoms with E-state index in [1.807, 2.05) is 6.92 Å². The van der Waals surface area contributed by atoms with Crippen molar-refractivity contribution in [3.8, 4) is 11.5 Å². The van der Waals surface area contributed by atoms with Gasteiger partial charge in [0.05, 0.1) is 17.7 Å². The predicted molar refractivity (Wildman–Crippen MR) is 72.6 cm³/mol. The summed E-state index contributed by atoms with van der Waals surface area (Å²) in [5.41, 5.74) is 0.733. The van der Waals surface area contributed by atoms with Crippen molar-refractivity contribution in [1.82, 2.24) is 0 Å². The molecule has 0 heterocycles. The van der Waals surface area contributed by atoms with Gasteiger partial charge in [-0.15, -0.1) is 0 Å². The summed E-state index contributed by atoms with van der Waals surface area (Å²) >= 11 is 3.22. The van der Waals surface area contributed by atoms with Crippen LogP contribution in [-0.4, -0.2) is 24.3 Å². The van der Waals surface area contributed by atoms with Crippen LogP contribution in [0, 0.1) is 0 Å². The van der Waals surface area contributed by atoms with E-state index in [0.717, 1.165) is 5.56 Å². The summed E-state index contributed by atoms with van der Waals surface area (Å²) in [5.74, 6) is 0.0141. The lowest BCUT2D eigenvalue weighted by Crippen LogP contribution is -1.98. The number of aromatic hydroxyl groups is 1. The number of esters is 1. The summed E-state index contributed by atoms with van der Waals surface area (Å²) in [4.78, 5) is 11.2. The molecule has 5 heteroatoms. The molecule has 0 fully saturated rings. The SMILES string of the molecule is CCOC(=O)C=Cc1cc(Br)c(O)c(OCC)c1. The average molecular weight is 315 g/mol. The molecular formula is C13H15BrO4. The van der Waals surface area contributed by atoms with Crippen LogP contribution in [0.4, 0.5) is 0 Å². The first-order valence-corrected chi connectivity index (χ1v) is 6.37. The van der Waals surface area contributed by atoms with E-state index < -0.39 is 5.97 Å². The molecule has 0 bridgehead atoms. The molecule has 98 valence electrons. The number of halogens is 1. The van der Waals surface area contributed by atoms with Crippen LogP contribution >= 0.6 is 15.9 Å². The van der Waals surface area contributed by atoms with Gasteiger partial charge in [0.25, 0.3) is 0 Å². The first kappa shape index (κ1) is 14.6. The van der Waals surface area contributed by atoms with Crippen molar-refractivity contribution >= 4 is 28.0 Å². The number of hydrogen-bond acceptors (Lipinski definition) is 4. The van der Waals surface area contributed by atoms with E-state index in [9.17, 15) is 9.90 Å². The molecule has 4 nitrogen and oxygen atoms in total. The van der Waals surface area contributed by atoms with Crippen LogP contribution in [0.1, 0.15) is 19.4 Å². The van der Waals surface area contributed by atoms with E-state index in [0.29, 0.717) is 23.4 Å². The van der Waals surface area contributed by atoms with E-state index in [2.05, 4.69) is 15.9 Å². The molecule has 0 saturated carbocycles. The highest BCUT2D eigenvalue weighted by Gasteiger charge is 2.08. The van der Waals surface area contributed by atoms with Crippen molar-refractivity contribution in [3.63, 3.8) is 0 Å². The summed E-state index contributed by atoms with van der Waals surface area (Å²) in [6.07, 6.45) is 2.93. The summed E-state index contributed by atoms with van der Waals surface area (Å²) in [6, 6.07) is 3.34. The summed E-state index contributed by atoms with van der Waals surface area (Å²) in [7, 11) is 0. The molecule has 0 atom stereocenters. The van der Waals surface area contributed by atoms with Gasteiger partial charge in [-0.25, -0.2) is 4.79 Å². The fraction of sp³-hybridized carbons (Fsp3) is 0.308. The highest BCUT2D eigenvalue weighted by Crippen LogP contribution is 2.35. The highest BCUT2D eigenvalue weighted by molar-refractivity contribution is 9.10. The largest absolute Gasteiger partial charge is 0.503 e. The number of carbonyl (C=O) groups is 1. The third kappa shape index (κ3) is 4.07. The molecule has 0 aliphatic heterocycles. The molecule has 1 aromatic carbocycles. The van der Waals surface area contributed by atoms with Gasteiger partial charge in [0.1, 0.15) is 0 Å². The van der Waals surface area contributed by atoms with Gasteiger partial charge < -0.3 is 14.6 Å². The van der Waals surface area contributed by atoms with Crippen LogP contribution in [0.5, 0.6) is 11.5 Å². The fourth-order valence-electron chi connectivity index (χ4n) is 1.31. The normalized spacial score (nSPS) is 10.6. The van der Waals surface area contributed by atoms with Crippen LogP contribution < -0.4 is 4.74 Å². The van der Waals surface area contributed by atoms with E-state index in [1.165, 1.54) is 6.08 Å². The maximum atomic E-state index is 11.2. The van der Waals surface area contributed by atoms with E-state index in [4.69, 9.17) is 9.47 Å². The lowest BCUT2D eigenvalue weighted by atomic mass is 10.2. The first-order valence-electron chi connectivity index (χ1n) is 5.58. The van der Waals surface area contributed by atoms with Crippen molar-refractivity contribution in [2.24, 2.45) is 0 Å². The summed E-state index contributed by atoms with van der Waals surface area (Å²) < 4.78 is 10.6. The molecule has 0 amide bonds. The molecular weight excluding hydrogens is 300 g/mol. The zero-order valence-corrected chi connectivity index (χ0v) is 11.9. The van der Waals surface area contributed by atoms with Gasteiger partial charge in [-0.3, -0.25) is 0 Å². The lowest BCUT2D eigenvalue weighted by Gasteiger charge is -2.08. The minimum absolute atomic E-state index is 0.0464. The van der Waals surface area contributed by atoms with Crippen LogP contribution in [0.15, 0.2) is 22.7 Å².